The van der Waals surface area contributed by atoms with Crippen LogP contribution in [0.4, 0.5) is 0 Å². The first-order valence-electron chi connectivity index (χ1n) is 7.77. The summed E-state index contributed by atoms with van der Waals surface area (Å²) in [4.78, 5) is 16.9. The molecule has 3 atom stereocenters. The Morgan fingerprint density at radius 2 is 2.21 bits per heavy atom. The van der Waals surface area contributed by atoms with Crippen molar-refractivity contribution in [3.05, 3.63) is 0 Å². The molecule has 4 heteroatoms. The number of carbonyl (C=O) groups excluding carboxylic acids is 1. The SMILES string of the molecule is CN1CCCC2CN(CC3COCCC3=O)CCC21. The molecule has 19 heavy (non-hydrogen) atoms. The second kappa shape index (κ2) is 5.90. The molecule has 3 aliphatic rings. The van der Waals surface area contributed by atoms with E-state index in [4.69, 9.17) is 4.74 Å². The summed E-state index contributed by atoms with van der Waals surface area (Å²) in [6.45, 7) is 5.78. The van der Waals surface area contributed by atoms with Crippen LogP contribution >= 0.6 is 0 Å². The lowest BCUT2D eigenvalue weighted by Crippen LogP contribution is -2.54. The molecular weight excluding hydrogens is 240 g/mol. The third-order valence-electron chi connectivity index (χ3n) is 5.18. The van der Waals surface area contributed by atoms with Gasteiger partial charge in [-0.2, -0.15) is 0 Å². The first-order chi connectivity index (χ1) is 9.24. The molecule has 4 nitrogen and oxygen atoms in total. The number of ether oxygens (including phenoxy) is 1. The number of carbonyl (C=O) groups is 1. The zero-order valence-corrected chi connectivity index (χ0v) is 12.0. The van der Waals surface area contributed by atoms with Crippen LogP contribution in [0.2, 0.25) is 0 Å². The van der Waals surface area contributed by atoms with Crippen molar-refractivity contribution in [1.29, 1.82) is 0 Å². The molecule has 0 spiro atoms. The van der Waals surface area contributed by atoms with Crippen LogP contribution in [-0.4, -0.2) is 68.1 Å². The van der Waals surface area contributed by atoms with E-state index in [2.05, 4.69) is 16.8 Å². The van der Waals surface area contributed by atoms with Crippen molar-refractivity contribution in [2.75, 3.05) is 46.4 Å². The summed E-state index contributed by atoms with van der Waals surface area (Å²) in [5.41, 5.74) is 0. The number of hydrogen-bond acceptors (Lipinski definition) is 4. The van der Waals surface area contributed by atoms with E-state index < -0.39 is 0 Å². The van der Waals surface area contributed by atoms with E-state index >= 15 is 0 Å². The van der Waals surface area contributed by atoms with Crippen molar-refractivity contribution in [2.45, 2.75) is 31.7 Å². The highest BCUT2D eigenvalue weighted by atomic mass is 16.5. The predicted molar refractivity (Wildman–Crippen MR) is 74.1 cm³/mol. The molecule has 3 heterocycles. The van der Waals surface area contributed by atoms with Gasteiger partial charge < -0.3 is 14.5 Å². The normalized spacial score (nSPS) is 38.2. The molecule has 3 unspecified atom stereocenters. The van der Waals surface area contributed by atoms with Gasteiger partial charge in [-0.15, -0.1) is 0 Å². The second-order valence-electron chi connectivity index (χ2n) is 6.49. The van der Waals surface area contributed by atoms with Gasteiger partial charge in [0.15, 0.2) is 0 Å². The molecule has 3 saturated heterocycles. The molecule has 0 bridgehead atoms. The molecule has 0 aromatic heterocycles. The van der Waals surface area contributed by atoms with Crippen molar-refractivity contribution in [1.82, 2.24) is 9.80 Å². The summed E-state index contributed by atoms with van der Waals surface area (Å²) in [5, 5.41) is 0. The van der Waals surface area contributed by atoms with Crippen LogP contribution in [0.1, 0.15) is 25.7 Å². The highest BCUT2D eigenvalue weighted by molar-refractivity contribution is 5.82. The van der Waals surface area contributed by atoms with Crippen molar-refractivity contribution in [2.24, 2.45) is 11.8 Å². The molecule has 3 aliphatic heterocycles. The van der Waals surface area contributed by atoms with Gasteiger partial charge in [0.05, 0.1) is 19.1 Å². The maximum atomic E-state index is 11.9. The number of Topliss-reactive ketones (excluding diaryl/α,β-unsaturated/α-hetero) is 1. The number of ketones is 1. The van der Waals surface area contributed by atoms with Gasteiger partial charge in [-0.1, -0.05) is 0 Å². The van der Waals surface area contributed by atoms with E-state index in [9.17, 15) is 4.79 Å². The van der Waals surface area contributed by atoms with Crippen molar-refractivity contribution < 1.29 is 9.53 Å². The van der Waals surface area contributed by atoms with Crippen LogP contribution in [-0.2, 0) is 9.53 Å². The smallest absolute Gasteiger partial charge is 0.141 e. The first kappa shape index (κ1) is 13.5. The molecule has 0 aromatic rings. The first-order valence-corrected chi connectivity index (χ1v) is 7.77. The number of hydrogen-bond donors (Lipinski definition) is 0. The molecule has 0 radical (unpaired) electrons. The minimum atomic E-state index is 0.131. The fourth-order valence-electron chi connectivity index (χ4n) is 4.06. The van der Waals surface area contributed by atoms with E-state index in [1.807, 2.05) is 0 Å². The van der Waals surface area contributed by atoms with Crippen LogP contribution in [0.3, 0.4) is 0 Å². The Hall–Kier alpha value is -0.450. The highest BCUT2D eigenvalue weighted by Gasteiger charge is 2.35. The molecule has 0 aliphatic carbocycles. The fraction of sp³-hybridized carbons (Fsp3) is 0.933. The molecule has 3 fully saturated rings. The van der Waals surface area contributed by atoms with E-state index in [-0.39, 0.29) is 5.92 Å². The third kappa shape index (κ3) is 3.01. The van der Waals surface area contributed by atoms with E-state index in [1.54, 1.807) is 0 Å². The summed E-state index contributed by atoms with van der Waals surface area (Å²) in [6, 6.07) is 0.781. The molecule has 0 saturated carbocycles. The largest absolute Gasteiger partial charge is 0.380 e. The van der Waals surface area contributed by atoms with E-state index in [0.29, 0.717) is 25.4 Å². The topological polar surface area (TPSA) is 32.8 Å². The number of nitrogens with zero attached hydrogens (tertiary/aromatic N) is 2. The average Bonchev–Trinajstić information content (AvgIpc) is 2.42. The summed E-state index contributed by atoms with van der Waals surface area (Å²) in [6.07, 6.45) is 4.58. The van der Waals surface area contributed by atoms with Gasteiger partial charge in [-0.25, -0.2) is 0 Å². The fourth-order valence-corrected chi connectivity index (χ4v) is 4.06. The zero-order valence-electron chi connectivity index (χ0n) is 12.0. The van der Waals surface area contributed by atoms with Gasteiger partial charge >= 0.3 is 0 Å². The Morgan fingerprint density at radius 3 is 3.05 bits per heavy atom. The van der Waals surface area contributed by atoms with Crippen LogP contribution in [0.25, 0.3) is 0 Å². The Balaban J connectivity index is 1.54. The average molecular weight is 266 g/mol. The summed E-state index contributed by atoms with van der Waals surface area (Å²) in [7, 11) is 2.27. The quantitative estimate of drug-likeness (QED) is 0.747. The van der Waals surface area contributed by atoms with Gasteiger partial charge in [0.1, 0.15) is 5.78 Å². The van der Waals surface area contributed by atoms with Gasteiger partial charge in [-0.05, 0) is 45.3 Å². The maximum absolute atomic E-state index is 11.9. The summed E-state index contributed by atoms with van der Waals surface area (Å²) < 4.78 is 5.46. The Kier molecular flexibility index (Phi) is 4.20. The van der Waals surface area contributed by atoms with Crippen LogP contribution in [0.15, 0.2) is 0 Å². The lowest BCUT2D eigenvalue weighted by atomic mass is 9.83. The van der Waals surface area contributed by atoms with Crippen molar-refractivity contribution in [3.63, 3.8) is 0 Å². The highest BCUT2D eigenvalue weighted by Crippen LogP contribution is 2.30. The Labute approximate surface area is 116 Å². The van der Waals surface area contributed by atoms with Crippen LogP contribution in [0.5, 0.6) is 0 Å². The minimum Gasteiger partial charge on any atom is -0.380 e. The van der Waals surface area contributed by atoms with Gasteiger partial charge in [0, 0.05) is 25.6 Å². The van der Waals surface area contributed by atoms with Crippen LogP contribution < -0.4 is 0 Å². The van der Waals surface area contributed by atoms with Gasteiger partial charge in [0.2, 0.25) is 0 Å². The molecule has 108 valence electrons. The number of piperidine rings is 2. The standard InChI is InChI=1S/C15H26N2O2/c1-16-6-2-3-12-9-17(7-4-14(12)16)10-13-11-19-8-5-15(13)18/h12-14H,2-11H2,1H3. The van der Waals surface area contributed by atoms with Gasteiger partial charge in [0.25, 0.3) is 0 Å². The number of rotatable bonds is 2. The van der Waals surface area contributed by atoms with E-state index in [0.717, 1.165) is 25.0 Å². The van der Waals surface area contributed by atoms with Crippen molar-refractivity contribution in [3.8, 4) is 0 Å². The number of likely N-dealkylation sites (tertiary alicyclic amines) is 2. The third-order valence-corrected chi connectivity index (χ3v) is 5.18. The zero-order chi connectivity index (χ0) is 13.2. The summed E-state index contributed by atoms with van der Waals surface area (Å²) in [5.74, 6) is 1.35. The van der Waals surface area contributed by atoms with Crippen LogP contribution in [0, 0.1) is 11.8 Å². The minimum absolute atomic E-state index is 0.131. The van der Waals surface area contributed by atoms with Gasteiger partial charge in [-0.3, -0.25) is 4.79 Å². The second-order valence-corrected chi connectivity index (χ2v) is 6.49. The number of fused-ring (bicyclic) bond motifs is 1. The predicted octanol–water partition coefficient (Wildman–Crippen LogP) is 1.01. The summed E-state index contributed by atoms with van der Waals surface area (Å²) >= 11 is 0. The monoisotopic (exact) mass is 266 g/mol. The van der Waals surface area contributed by atoms with E-state index in [1.165, 1.54) is 32.4 Å². The molecular formula is C15H26N2O2. The Morgan fingerprint density at radius 1 is 1.32 bits per heavy atom. The molecule has 3 rings (SSSR count). The lowest BCUT2D eigenvalue weighted by molar-refractivity contribution is -0.131. The molecule has 0 amide bonds. The molecule has 0 N–H and O–H groups in total. The van der Waals surface area contributed by atoms with Crippen molar-refractivity contribution >= 4 is 5.78 Å². The maximum Gasteiger partial charge on any atom is 0.141 e. The molecule has 0 aromatic carbocycles. The lowest BCUT2D eigenvalue weighted by Gasteiger charge is -2.46. The Bertz CT molecular complexity index is 334.